The number of hydrogen-bond donors (Lipinski definition) is 0. The summed E-state index contributed by atoms with van der Waals surface area (Å²) in [5.41, 5.74) is 0.782. The number of carbonyl (C=O) groups excluding carboxylic acids is 1. The van der Waals surface area contributed by atoms with Crippen LogP contribution in [0.15, 0.2) is 47.4 Å². The molecule has 0 aliphatic heterocycles. The lowest BCUT2D eigenvalue weighted by atomic mass is 10.2. The molecule has 0 aliphatic rings. The van der Waals surface area contributed by atoms with Gasteiger partial charge in [0, 0.05) is 13.1 Å². The molecule has 0 bridgehead atoms. The normalized spacial score (nSPS) is 11.9. The van der Waals surface area contributed by atoms with Crippen LogP contribution in [-0.4, -0.2) is 57.1 Å². The number of fused-ring (bicyclic) bond motifs is 1. The maximum atomic E-state index is 13.5. The Morgan fingerprint density at radius 1 is 1.10 bits per heavy atom. The van der Waals surface area contributed by atoms with E-state index in [0.717, 1.165) is 4.70 Å². The average Bonchev–Trinajstić information content (AvgIpc) is 3.13. The number of aromatic nitrogens is 1. The van der Waals surface area contributed by atoms with Crippen molar-refractivity contribution in [1.29, 1.82) is 0 Å². The van der Waals surface area contributed by atoms with Crippen molar-refractivity contribution in [2.24, 2.45) is 0 Å². The molecular weight excluding hydrogens is 430 g/mol. The number of carbonyl (C=O) groups is 1. The largest absolute Gasteiger partial charge is 0.308 e. The molecule has 29 heavy (non-hydrogen) atoms. The number of amides is 1. The van der Waals surface area contributed by atoms with Crippen LogP contribution in [0.25, 0.3) is 10.2 Å². The average molecular weight is 452 g/mol. The summed E-state index contributed by atoms with van der Waals surface area (Å²) in [5.74, 6) is -0.471. The number of nitrogens with zero attached hydrogens (tertiary/aromatic N) is 3. The Morgan fingerprint density at radius 3 is 2.48 bits per heavy atom. The molecule has 0 saturated heterocycles. The lowest BCUT2D eigenvalue weighted by molar-refractivity contribution is 0.0982. The summed E-state index contributed by atoms with van der Waals surface area (Å²) in [6.45, 7) is 2.53. The molecule has 3 rings (SSSR count). The van der Waals surface area contributed by atoms with Crippen molar-refractivity contribution in [2.45, 2.75) is 11.8 Å². The van der Waals surface area contributed by atoms with Crippen LogP contribution >= 0.6 is 22.9 Å². The summed E-state index contributed by atoms with van der Waals surface area (Å²) in [6.07, 6.45) is 0. The number of likely N-dealkylation sites (N-methyl/N-ethyl adjacent to an activating group) is 1. The van der Waals surface area contributed by atoms with E-state index in [2.05, 4.69) is 4.98 Å². The highest BCUT2D eigenvalue weighted by Gasteiger charge is 2.27. The van der Waals surface area contributed by atoms with Gasteiger partial charge >= 0.3 is 0 Å². The first-order valence-electron chi connectivity index (χ1n) is 9.08. The molecule has 1 amide bonds. The van der Waals surface area contributed by atoms with E-state index in [4.69, 9.17) is 11.6 Å². The lowest BCUT2D eigenvalue weighted by Crippen LogP contribution is -2.37. The van der Waals surface area contributed by atoms with Gasteiger partial charge < -0.3 is 4.90 Å². The highest BCUT2D eigenvalue weighted by molar-refractivity contribution is 7.91. The number of hydrogen-bond acceptors (Lipinski definition) is 6. The summed E-state index contributed by atoms with van der Waals surface area (Å²) < 4.78 is 25.9. The number of thiazole rings is 1. The summed E-state index contributed by atoms with van der Waals surface area (Å²) >= 11 is 7.61. The Labute approximate surface area is 179 Å². The summed E-state index contributed by atoms with van der Waals surface area (Å²) in [6, 6.07) is 11.8. The second-order valence-corrected chi connectivity index (χ2v) is 10.4. The Kier molecular flexibility index (Phi) is 6.58. The molecule has 2 aromatic carbocycles. The first-order chi connectivity index (χ1) is 13.7. The highest BCUT2D eigenvalue weighted by atomic mass is 35.5. The molecule has 0 aliphatic carbocycles. The molecule has 0 atom stereocenters. The minimum Gasteiger partial charge on any atom is -0.308 e. The molecule has 0 saturated carbocycles. The van der Waals surface area contributed by atoms with Crippen molar-refractivity contribution in [1.82, 2.24) is 9.88 Å². The molecule has 3 aromatic rings. The lowest BCUT2D eigenvalue weighted by Gasteiger charge is -2.23. The summed E-state index contributed by atoms with van der Waals surface area (Å²) in [5, 5.41) is 1.00. The fourth-order valence-corrected chi connectivity index (χ4v) is 5.20. The zero-order valence-corrected chi connectivity index (χ0v) is 18.8. The molecule has 0 N–H and O–H groups in total. The van der Waals surface area contributed by atoms with Crippen molar-refractivity contribution >= 4 is 54.0 Å². The van der Waals surface area contributed by atoms with Crippen LogP contribution < -0.4 is 4.90 Å². The number of halogens is 1. The van der Waals surface area contributed by atoms with Gasteiger partial charge in [-0.2, -0.15) is 0 Å². The van der Waals surface area contributed by atoms with E-state index in [1.165, 1.54) is 22.3 Å². The SMILES string of the molecule is CCS(=O)(=O)c1ccccc1C(=O)N(CCN(C)C)c1nc2c(Cl)cccc2s1. The number of rotatable bonds is 7. The predicted octanol–water partition coefficient (Wildman–Crippen LogP) is 3.95. The van der Waals surface area contributed by atoms with E-state index >= 15 is 0 Å². The molecule has 0 radical (unpaired) electrons. The van der Waals surface area contributed by atoms with Crippen LogP contribution in [0.4, 0.5) is 5.13 Å². The van der Waals surface area contributed by atoms with E-state index in [-0.39, 0.29) is 16.2 Å². The topological polar surface area (TPSA) is 70.6 Å². The standard InChI is InChI=1S/C20H22ClN3O3S2/c1-4-29(26,27)17-11-6-5-8-14(17)19(25)24(13-12-23(2)3)20-22-18-15(21)9-7-10-16(18)28-20/h5-11H,4,12-13H2,1-3H3. The Balaban J connectivity index is 2.10. The second kappa shape index (κ2) is 8.79. The maximum absolute atomic E-state index is 13.5. The third-order valence-corrected chi connectivity index (χ3v) is 7.57. The summed E-state index contributed by atoms with van der Waals surface area (Å²) in [7, 11) is 0.272. The van der Waals surface area contributed by atoms with E-state index in [1.807, 2.05) is 31.1 Å². The van der Waals surface area contributed by atoms with Gasteiger partial charge in [0.05, 0.1) is 25.9 Å². The van der Waals surface area contributed by atoms with Crippen molar-refractivity contribution < 1.29 is 13.2 Å². The number of para-hydroxylation sites is 1. The number of benzene rings is 2. The first kappa shape index (κ1) is 21.7. The minimum atomic E-state index is -3.55. The summed E-state index contributed by atoms with van der Waals surface area (Å²) in [4.78, 5) is 21.6. The Hall–Kier alpha value is -2.00. The number of anilines is 1. The molecule has 1 aromatic heterocycles. The predicted molar refractivity (Wildman–Crippen MR) is 119 cm³/mol. The van der Waals surface area contributed by atoms with Gasteiger partial charge in [-0.05, 0) is 38.4 Å². The van der Waals surface area contributed by atoms with Gasteiger partial charge in [-0.15, -0.1) is 0 Å². The van der Waals surface area contributed by atoms with Gasteiger partial charge in [-0.1, -0.05) is 48.1 Å². The van der Waals surface area contributed by atoms with Crippen molar-refractivity contribution in [3.8, 4) is 0 Å². The monoisotopic (exact) mass is 451 g/mol. The third kappa shape index (κ3) is 4.61. The van der Waals surface area contributed by atoms with Gasteiger partial charge in [0.2, 0.25) is 0 Å². The third-order valence-electron chi connectivity index (χ3n) is 4.44. The molecule has 154 valence electrons. The molecule has 1 heterocycles. The first-order valence-corrected chi connectivity index (χ1v) is 11.9. The van der Waals surface area contributed by atoms with Crippen LogP contribution in [-0.2, 0) is 9.84 Å². The molecule has 6 nitrogen and oxygen atoms in total. The Morgan fingerprint density at radius 2 is 1.83 bits per heavy atom. The molecule has 0 unspecified atom stereocenters. The van der Waals surface area contributed by atoms with E-state index < -0.39 is 15.7 Å². The van der Waals surface area contributed by atoms with Crippen LogP contribution in [0.5, 0.6) is 0 Å². The van der Waals surface area contributed by atoms with Crippen LogP contribution in [0.1, 0.15) is 17.3 Å². The molecule has 9 heteroatoms. The quantitative estimate of drug-likeness (QED) is 0.544. The molecular formula is C20H22ClN3O3S2. The molecule has 0 spiro atoms. The van der Waals surface area contributed by atoms with Gasteiger partial charge in [0.25, 0.3) is 5.91 Å². The fourth-order valence-electron chi connectivity index (χ4n) is 2.82. The van der Waals surface area contributed by atoms with Gasteiger partial charge in [-0.25, -0.2) is 13.4 Å². The zero-order valence-electron chi connectivity index (χ0n) is 16.4. The van der Waals surface area contributed by atoms with Crippen LogP contribution in [0.3, 0.4) is 0 Å². The Bertz CT molecular complexity index is 1140. The fraction of sp³-hybridized carbons (Fsp3) is 0.300. The van der Waals surface area contributed by atoms with Crippen molar-refractivity contribution in [2.75, 3.05) is 37.8 Å². The van der Waals surface area contributed by atoms with E-state index in [0.29, 0.717) is 28.8 Å². The van der Waals surface area contributed by atoms with Gasteiger partial charge in [0.1, 0.15) is 5.52 Å². The maximum Gasteiger partial charge on any atom is 0.261 e. The second-order valence-electron chi connectivity index (χ2n) is 6.74. The van der Waals surface area contributed by atoms with Crippen molar-refractivity contribution in [3.63, 3.8) is 0 Å². The van der Waals surface area contributed by atoms with E-state index in [1.54, 1.807) is 31.2 Å². The molecule has 0 fully saturated rings. The smallest absolute Gasteiger partial charge is 0.261 e. The highest BCUT2D eigenvalue weighted by Crippen LogP contribution is 2.34. The van der Waals surface area contributed by atoms with Gasteiger partial charge in [0.15, 0.2) is 15.0 Å². The minimum absolute atomic E-state index is 0.0431. The zero-order chi connectivity index (χ0) is 21.2. The van der Waals surface area contributed by atoms with Crippen molar-refractivity contribution in [3.05, 3.63) is 53.1 Å². The van der Waals surface area contributed by atoms with Gasteiger partial charge in [-0.3, -0.25) is 9.69 Å². The number of sulfone groups is 1. The van der Waals surface area contributed by atoms with Crippen LogP contribution in [0.2, 0.25) is 5.02 Å². The van der Waals surface area contributed by atoms with E-state index in [9.17, 15) is 13.2 Å². The van der Waals surface area contributed by atoms with Crippen LogP contribution in [0, 0.1) is 0 Å².